The van der Waals surface area contributed by atoms with Crippen molar-refractivity contribution in [3.8, 4) is 0 Å². The number of rotatable bonds is 1. The second kappa shape index (κ2) is 5.37. The third-order valence-corrected chi connectivity index (χ3v) is 4.31. The smallest absolute Gasteiger partial charge is 0.308 e. The minimum absolute atomic E-state index is 0.200. The van der Waals surface area contributed by atoms with Gasteiger partial charge in [-0.2, -0.15) is 0 Å². The van der Waals surface area contributed by atoms with Crippen LogP contribution in [0.2, 0.25) is 0 Å². The van der Waals surface area contributed by atoms with Gasteiger partial charge in [0.15, 0.2) is 0 Å². The lowest BCUT2D eigenvalue weighted by Crippen LogP contribution is -2.40. The van der Waals surface area contributed by atoms with Gasteiger partial charge in [-0.1, -0.05) is 6.08 Å². The van der Waals surface area contributed by atoms with Crippen molar-refractivity contribution in [1.29, 1.82) is 0 Å². The van der Waals surface area contributed by atoms with E-state index in [0.717, 1.165) is 6.08 Å². The monoisotopic (exact) mass is 297 g/mol. The number of carbonyl (C=O) groups is 1. The molecule has 1 aliphatic carbocycles. The molecule has 1 N–H and O–H groups in total. The van der Waals surface area contributed by atoms with Crippen LogP contribution in [-0.2, 0) is 4.79 Å². The topological polar surface area (TPSA) is 40.5 Å². The van der Waals surface area contributed by atoms with E-state index in [0.29, 0.717) is 19.5 Å². The zero-order valence-corrected chi connectivity index (χ0v) is 12.6. The van der Waals surface area contributed by atoms with E-state index in [1.165, 1.54) is 12.2 Å². The lowest BCUT2D eigenvalue weighted by Gasteiger charge is -2.34. The number of carboxylic acid groups (broad SMARTS) is 1. The molecular formula is C16H21F2NO2. The Bertz CT molecular complexity index is 531. The summed E-state index contributed by atoms with van der Waals surface area (Å²) in [6, 6.07) is 0. The Balaban J connectivity index is 2.45. The first-order chi connectivity index (χ1) is 9.64. The van der Waals surface area contributed by atoms with Crippen molar-refractivity contribution < 1.29 is 18.7 Å². The molecule has 0 aromatic rings. The summed E-state index contributed by atoms with van der Waals surface area (Å²) in [5.41, 5.74) is -1.04. The van der Waals surface area contributed by atoms with Crippen molar-refractivity contribution in [1.82, 2.24) is 4.90 Å². The number of hydrogen-bond acceptors (Lipinski definition) is 2. The number of halogens is 2. The number of carboxylic acids is 1. The van der Waals surface area contributed by atoms with Crippen LogP contribution in [0.25, 0.3) is 0 Å². The summed E-state index contributed by atoms with van der Waals surface area (Å²) in [7, 11) is 0. The second-order valence-electron chi connectivity index (χ2n) is 6.84. The summed E-state index contributed by atoms with van der Waals surface area (Å²) in [5, 5.41) is 9.52. The molecule has 116 valence electrons. The van der Waals surface area contributed by atoms with Gasteiger partial charge in [-0.3, -0.25) is 9.69 Å². The quantitative estimate of drug-likeness (QED) is 0.806. The minimum Gasteiger partial charge on any atom is -0.481 e. The third-order valence-electron chi connectivity index (χ3n) is 4.31. The molecule has 0 radical (unpaired) electrons. The molecule has 1 spiro atoms. The van der Waals surface area contributed by atoms with Crippen molar-refractivity contribution in [3.63, 3.8) is 0 Å². The fourth-order valence-electron chi connectivity index (χ4n) is 3.07. The summed E-state index contributed by atoms with van der Waals surface area (Å²) >= 11 is 0. The molecule has 1 saturated heterocycles. The van der Waals surface area contributed by atoms with Crippen LogP contribution >= 0.6 is 0 Å². The van der Waals surface area contributed by atoms with Crippen LogP contribution in [-0.4, -0.2) is 34.6 Å². The van der Waals surface area contributed by atoms with Gasteiger partial charge >= 0.3 is 5.97 Å². The van der Waals surface area contributed by atoms with E-state index < -0.39 is 29.0 Å². The Morgan fingerprint density at radius 2 is 2.05 bits per heavy atom. The number of allylic oxidation sites excluding steroid dienone is 5. The lowest BCUT2D eigenvalue weighted by atomic mass is 9.74. The number of hydrogen-bond donors (Lipinski definition) is 1. The van der Waals surface area contributed by atoms with Gasteiger partial charge in [0.05, 0.1) is 5.92 Å². The van der Waals surface area contributed by atoms with Crippen molar-refractivity contribution in [2.45, 2.75) is 32.7 Å². The van der Waals surface area contributed by atoms with Gasteiger partial charge in [0.1, 0.15) is 11.7 Å². The highest BCUT2D eigenvalue weighted by Crippen LogP contribution is 2.45. The molecule has 5 heteroatoms. The molecule has 2 rings (SSSR count). The summed E-state index contributed by atoms with van der Waals surface area (Å²) in [4.78, 5) is 13.7. The Morgan fingerprint density at radius 1 is 1.38 bits per heavy atom. The van der Waals surface area contributed by atoms with Gasteiger partial charge in [-0.05, 0) is 39.3 Å². The van der Waals surface area contributed by atoms with Crippen molar-refractivity contribution in [3.05, 3.63) is 36.0 Å². The zero-order valence-electron chi connectivity index (χ0n) is 12.6. The predicted octanol–water partition coefficient (Wildman–Crippen LogP) is 3.45. The van der Waals surface area contributed by atoms with Crippen LogP contribution in [0.1, 0.15) is 27.2 Å². The molecule has 1 aliphatic heterocycles. The molecular weight excluding hydrogens is 276 g/mol. The second-order valence-corrected chi connectivity index (χ2v) is 6.84. The molecule has 0 amide bonds. The van der Waals surface area contributed by atoms with Gasteiger partial charge < -0.3 is 5.11 Å². The maximum absolute atomic E-state index is 13.9. The van der Waals surface area contributed by atoms with E-state index in [1.807, 2.05) is 25.7 Å². The van der Waals surface area contributed by atoms with E-state index in [9.17, 15) is 18.7 Å². The van der Waals surface area contributed by atoms with Crippen molar-refractivity contribution >= 4 is 5.97 Å². The summed E-state index contributed by atoms with van der Waals surface area (Å²) in [5.74, 6) is -3.01. The fraction of sp³-hybridized carbons (Fsp3) is 0.562. The molecule has 0 aromatic heterocycles. The van der Waals surface area contributed by atoms with E-state index in [2.05, 4.69) is 0 Å². The number of likely N-dealkylation sites (tertiary alicyclic amines) is 1. The Kier molecular flexibility index (Phi) is 4.06. The van der Waals surface area contributed by atoms with Crippen LogP contribution in [0.5, 0.6) is 0 Å². The van der Waals surface area contributed by atoms with E-state index in [4.69, 9.17) is 0 Å². The molecule has 1 fully saturated rings. The Hall–Kier alpha value is -1.49. The largest absolute Gasteiger partial charge is 0.481 e. The third kappa shape index (κ3) is 3.23. The molecule has 0 bridgehead atoms. The maximum atomic E-state index is 13.9. The molecule has 21 heavy (non-hydrogen) atoms. The van der Waals surface area contributed by atoms with E-state index in [1.54, 1.807) is 6.08 Å². The van der Waals surface area contributed by atoms with Crippen molar-refractivity contribution in [2.24, 2.45) is 11.3 Å². The first-order valence-corrected chi connectivity index (χ1v) is 7.04. The SMILES string of the molecule is CC(C)(C)N1C[C@@H](C(=O)O)C2(/C=C(F)/C=C(F)\C=C/C2)C1. The maximum Gasteiger partial charge on any atom is 0.308 e. The van der Waals surface area contributed by atoms with Gasteiger partial charge in [0.25, 0.3) is 0 Å². The highest BCUT2D eigenvalue weighted by molar-refractivity contribution is 5.72. The first-order valence-electron chi connectivity index (χ1n) is 7.04. The first kappa shape index (κ1) is 15.9. The summed E-state index contributed by atoms with van der Waals surface area (Å²) in [6.45, 7) is 6.82. The van der Waals surface area contributed by atoms with Crippen LogP contribution in [0.3, 0.4) is 0 Å². The Morgan fingerprint density at radius 3 is 2.62 bits per heavy atom. The highest BCUT2D eigenvalue weighted by atomic mass is 19.1. The number of nitrogens with zero attached hydrogens (tertiary/aromatic N) is 1. The summed E-state index contributed by atoms with van der Waals surface area (Å²) < 4.78 is 27.2. The average Bonchev–Trinajstić information content (AvgIpc) is 2.66. The molecule has 1 heterocycles. The highest BCUT2D eigenvalue weighted by Gasteiger charge is 2.51. The van der Waals surface area contributed by atoms with Crippen LogP contribution in [0.15, 0.2) is 36.0 Å². The number of aliphatic carboxylic acids is 1. The Labute approximate surface area is 123 Å². The normalized spacial score (nSPS) is 37.3. The standard InChI is InChI=1S/C16H21F2NO2/c1-15(2,3)19-9-13(14(20)21)16(10-19)6-4-5-11(17)7-12(18)8-16/h4-5,7-8,13H,6,9-10H2,1-3H3,(H,20,21)/b5-4-,11-7+,12-8-/t13-,16?/m0/s1. The van der Waals surface area contributed by atoms with Crippen molar-refractivity contribution in [2.75, 3.05) is 13.1 Å². The molecule has 2 aliphatic rings. The lowest BCUT2D eigenvalue weighted by molar-refractivity contribution is -0.143. The molecule has 0 saturated carbocycles. The molecule has 0 aromatic carbocycles. The van der Waals surface area contributed by atoms with E-state index in [-0.39, 0.29) is 5.54 Å². The van der Waals surface area contributed by atoms with Gasteiger partial charge in [0.2, 0.25) is 0 Å². The van der Waals surface area contributed by atoms with Gasteiger partial charge in [0, 0.05) is 30.1 Å². The predicted molar refractivity (Wildman–Crippen MR) is 77.0 cm³/mol. The average molecular weight is 297 g/mol. The van der Waals surface area contributed by atoms with Gasteiger partial charge in [-0.15, -0.1) is 0 Å². The van der Waals surface area contributed by atoms with Crippen LogP contribution < -0.4 is 0 Å². The van der Waals surface area contributed by atoms with E-state index >= 15 is 0 Å². The fourth-order valence-corrected chi connectivity index (χ4v) is 3.07. The zero-order chi connectivity index (χ0) is 15.8. The van der Waals surface area contributed by atoms with Crippen LogP contribution in [0.4, 0.5) is 8.78 Å². The summed E-state index contributed by atoms with van der Waals surface area (Å²) in [6.07, 6.45) is 5.20. The minimum atomic E-state index is -0.941. The molecule has 1 unspecified atom stereocenters. The molecule has 3 nitrogen and oxygen atoms in total. The van der Waals surface area contributed by atoms with Gasteiger partial charge in [-0.25, -0.2) is 8.78 Å². The molecule has 2 atom stereocenters. The van der Waals surface area contributed by atoms with Crippen LogP contribution in [0, 0.1) is 11.3 Å².